The molecule has 3 nitrogen and oxygen atoms in total. The number of nitrogens with one attached hydrogen (secondary N) is 1. The molecule has 0 aromatic carbocycles. The molecule has 1 aliphatic heterocycles. The molecule has 2 fully saturated rings. The van der Waals surface area contributed by atoms with Gasteiger partial charge in [-0.15, -0.1) is 11.3 Å². The number of halogens is 1. The zero-order valence-corrected chi connectivity index (χ0v) is 10.7. The van der Waals surface area contributed by atoms with Gasteiger partial charge in [-0.25, -0.2) is 4.98 Å². The van der Waals surface area contributed by atoms with E-state index in [1.165, 1.54) is 32.4 Å². The Hall–Kier alpha value is -0.160. The molecule has 0 amide bonds. The summed E-state index contributed by atoms with van der Waals surface area (Å²) < 4.78 is 0.780. The van der Waals surface area contributed by atoms with E-state index in [0.717, 1.165) is 21.9 Å². The van der Waals surface area contributed by atoms with E-state index in [1.807, 2.05) is 0 Å². The predicted octanol–water partition coefficient (Wildman–Crippen LogP) is 2.12. The number of likely N-dealkylation sites (tertiary alicyclic amines) is 1. The van der Waals surface area contributed by atoms with E-state index in [1.54, 1.807) is 17.5 Å². The van der Waals surface area contributed by atoms with E-state index < -0.39 is 0 Å². The van der Waals surface area contributed by atoms with Gasteiger partial charge >= 0.3 is 0 Å². The molecule has 1 saturated heterocycles. The van der Waals surface area contributed by atoms with Gasteiger partial charge in [-0.3, -0.25) is 4.90 Å². The lowest BCUT2D eigenvalue weighted by atomic mass is 10.3. The van der Waals surface area contributed by atoms with Gasteiger partial charge in [-0.05, 0) is 19.3 Å². The van der Waals surface area contributed by atoms with Gasteiger partial charge in [0.2, 0.25) is 0 Å². The number of thiazole rings is 1. The Morgan fingerprint density at radius 2 is 2.38 bits per heavy atom. The Balaban J connectivity index is 1.45. The maximum atomic E-state index is 5.85. The van der Waals surface area contributed by atoms with E-state index in [2.05, 4.69) is 15.2 Å². The summed E-state index contributed by atoms with van der Waals surface area (Å²) in [5, 5.41) is 4.66. The SMILES string of the molecule is Clc1cnc(CNC2CCN(C3CC3)C2)s1. The lowest BCUT2D eigenvalue weighted by Gasteiger charge is -2.15. The Kier molecular flexibility index (Phi) is 3.16. The first-order chi connectivity index (χ1) is 7.81. The van der Waals surface area contributed by atoms with Crippen molar-refractivity contribution in [3.63, 3.8) is 0 Å². The van der Waals surface area contributed by atoms with Crippen molar-refractivity contribution in [2.45, 2.75) is 37.9 Å². The third-order valence-electron chi connectivity index (χ3n) is 3.35. The fraction of sp³-hybridized carbons (Fsp3) is 0.727. The molecule has 88 valence electrons. The van der Waals surface area contributed by atoms with Gasteiger partial charge in [0.25, 0.3) is 0 Å². The lowest BCUT2D eigenvalue weighted by molar-refractivity contribution is 0.317. The molecule has 16 heavy (non-hydrogen) atoms. The van der Waals surface area contributed by atoms with Crippen molar-refractivity contribution >= 4 is 22.9 Å². The first-order valence-electron chi connectivity index (χ1n) is 5.89. The summed E-state index contributed by atoms with van der Waals surface area (Å²) in [4.78, 5) is 6.87. The van der Waals surface area contributed by atoms with E-state index in [4.69, 9.17) is 11.6 Å². The summed E-state index contributed by atoms with van der Waals surface area (Å²) >= 11 is 7.42. The van der Waals surface area contributed by atoms with Gasteiger partial charge in [-0.2, -0.15) is 0 Å². The number of aromatic nitrogens is 1. The van der Waals surface area contributed by atoms with Gasteiger partial charge < -0.3 is 5.32 Å². The molecule has 2 aliphatic rings. The monoisotopic (exact) mass is 257 g/mol. The van der Waals surface area contributed by atoms with Crippen LogP contribution in [0.25, 0.3) is 0 Å². The zero-order valence-electron chi connectivity index (χ0n) is 9.16. The number of rotatable bonds is 4. The minimum absolute atomic E-state index is 0.642. The molecule has 0 radical (unpaired) electrons. The predicted molar refractivity (Wildman–Crippen MR) is 67.0 cm³/mol. The highest BCUT2D eigenvalue weighted by atomic mass is 35.5. The van der Waals surface area contributed by atoms with Crippen molar-refractivity contribution in [2.75, 3.05) is 13.1 Å². The Morgan fingerprint density at radius 1 is 1.50 bits per heavy atom. The molecular weight excluding hydrogens is 242 g/mol. The number of hydrogen-bond donors (Lipinski definition) is 1. The molecule has 1 N–H and O–H groups in total. The van der Waals surface area contributed by atoms with Gasteiger partial charge in [0, 0.05) is 31.7 Å². The molecule has 1 unspecified atom stereocenters. The summed E-state index contributed by atoms with van der Waals surface area (Å²) in [7, 11) is 0. The van der Waals surface area contributed by atoms with Gasteiger partial charge in [0.1, 0.15) is 9.34 Å². The second kappa shape index (κ2) is 4.61. The van der Waals surface area contributed by atoms with Crippen LogP contribution in [0, 0.1) is 0 Å². The third-order valence-corrected chi connectivity index (χ3v) is 4.47. The third kappa shape index (κ3) is 2.56. The van der Waals surface area contributed by atoms with Crippen molar-refractivity contribution in [3.8, 4) is 0 Å². The second-order valence-corrected chi connectivity index (χ2v) is 6.40. The van der Waals surface area contributed by atoms with Crippen LogP contribution in [0.2, 0.25) is 4.34 Å². The summed E-state index contributed by atoms with van der Waals surface area (Å²) in [6.45, 7) is 3.34. The fourth-order valence-electron chi connectivity index (χ4n) is 2.33. The minimum Gasteiger partial charge on any atom is -0.306 e. The maximum absolute atomic E-state index is 5.85. The van der Waals surface area contributed by atoms with Crippen LogP contribution in [0.15, 0.2) is 6.20 Å². The van der Waals surface area contributed by atoms with Crippen molar-refractivity contribution in [3.05, 3.63) is 15.5 Å². The average molecular weight is 258 g/mol. The first-order valence-corrected chi connectivity index (χ1v) is 7.08. The lowest BCUT2D eigenvalue weighted by Crippen LogP contribution is -2.32. The van der Waals surface area contributed by atoms with Crippen LogP contribution in [0.5, 0.6) is 0 Å². The topological polar surface area (TPSA) is 28.2 Å². The fourth-order valence-corrected chi connectivity index (χ4v) is 3.23. The van der Waals surface area contributed by atoms with Crippen molar-refractivity contribution in [1.29, 1.82) is 0 Å². The summed E-state index contributed by atoms with van der Waals surface area (Å²) in [6, 6.07) is 1.55. The molecule has 2 heterocycles. The zero-order chi connectivity index (χ0) is 11.0. The molecular formula is C11H16ClN3S. The number of nitrogens with zero attached hydrogens (tertiary/aromatic N) is 2. The van der Waals surface area contributed by atoms with Crippen LogP contribution < -0.4 is 5.32 Å². The smallest absolute Gasteiger partial charge is 0.113 e. The second-order valence-electron chi connectivity index (χ2n) is 4.65. The Bertz CT molecular complexity index is 364. The van der Waals surface area contributed by atoms with E-state index in [0.29, 0.717) is 6.04 Å². The molecule has 1 aromatic rings. The van der Waals surface area contributed by atoms with Crippen LogP contribution in [0.4, 0.5) is 0 Å². The molecule has 1 saturated carbocycles. The van der Waals surface area contributed by atoms with Crippen molar-refractivity contribution < 1.29 is 0 Å². The van der Waals surface area contributed by atoms with Crippen LogP contribution in [0.1, 0.15) is 24.3 Å². The molecule has 1 atom stereocenters. The summed E-state index contributed by atoms with van der Waals surface area (Å²) in [5.74, 6) is 0. The summed E-state index contributed by atoms with van der Waals surface area (Å²) in [6.07, 6.45) is 5.83. The normalized spacial score (nSPS) is 26.4. The standard InChI is InChI=1S/C11H16ClN3S/c12-10-5-14-11(16-10)6-13-8-3-4-15(7-8)9-1-2-9/h5,8-9,13H,1-4,6-7H2. The molecule has 3 rings (SSSR count). The van der Waals surface area contributed by atoms with Crippen LogP contribution in [-0.2, 0) is 6.54 Å². The highest BCUT2D eigenvalue weighted by molar-refractivity contribution is 7.15. The molecule has 0 bridgehead atoms. The first kappa shape index (κ1) is 11.0. The Labute approximate surface area is 105 Å². The molecule has 1 aromatic heterocycles. The van der Waals surface area contributed by atoms with Gasteiger partial charge in [0.05, 0.1) is 6.20 Å². The van der Waals surface area contributed by atoms with Gasteiger partial charge in [0.15, 0.2) is 0 Å². The summed E-state index contributed by atoms with van der Waals surface area (Å²) in [5.41, 5.74) is 0. The van der Waals surface area contributed by atoms with Crippen LogP contribution in [0.3, 0.4) is 0 Å². The largest absolute Gasteiger partial charge is 0.306 e. The molecule has 1 aliphatic carbocycles. The van der Waals surface area contributed by atoms with Crippen molar-refractivity contribution in [2.24, 2.45) is 0 Å². The van der Waals surface area contributed by atoms with E-state index in [-0.39, 0.29) is 0 Å². The van der Waals surface area contributed by atoms with Crippen molar-refractivity contribution in [1.82, 2.24) is 15.2 Å². The van der Waals surface area contributed by atoms with Crippen LogP contribution >= 0.6 is 22.9 Å². The average Bonchev–Trinajstić information content (AvgIpc) is 2.87. The maximum Gasteiger partial charge on any atom is 0.113 e. The minimum atomic E-state index is 0.642. The highest BCUT2D eigenvalue weighted by Crippen LogP contribution is 2.29. The molecule has 5 heteroatoms. The van der Waals surface area contributed by atoms with E-state index >= 15 is 0 Å². The van der Waals surface area contributed by atoms with Gasteiger partial charge in [-0.1, -0.05) is 11.6 Å². The highest BCUT2D eigenvalue weighted by Gasteiger charge is 2.34. The van der Waals surface area contributed by atoms with E-state index in [9.17, 15) is 0 Å². The molecule has 0 spiro atoms. The number of hydrogen-bond acceptors (Lipinski definition) is 4. The quantitative estimate of drug-likeness (QED) is 0.896. The van der Waals surface area contributed by atoms with Crippen LogP contribution in [-0.4, -0.2) is 35.1 Å². The Morgan fingerprint density at radius 3 is 3.06 bits per heavy atom.